The molecule has 0 saturated carbocycles. The first-order valence-electron chi connectivity index (χ1n) is 10.1. The van der Waals surface area contributed by atoms with Gasteiger partial charge in [-0.25, -0.2) is 4.98 Å². The van der Waals surface area contributed by atoms with Crippen molar-refractivity contribution >= 4 is 26.7 Å². The van der Waals surface area contributed by atoms with Crippen molar-refractivity contribution in [1.29, 1.82) is 0 Å². The number of hydrogen-bond donors (Lipinski definition) is 1. The van der Waals surface area contributed by atoms with E-state index in [1.807, 2.05) is 23.1 Å². The molecule has 31 heavy (non-hydrogen) atoms. The number of nitrogens with one attached hydrogen (secondary N) is 1. The average Bonchev–Trinajstić information content (AvgIpc) is 3.03. The van der Waals surface area contributed by atoms with Crippen LogP contribution in [0.5, 0.6) is 5.88 Å². The first-order chi connectivity index (χ1) is 14.9. The zero-order chi connectivity index (χ0) is 22.0. The topological polar surface area (TPSA) is 101 Å². The highest BCUT2D eigenvalue weighted by atomic mass is 32.2. The molecule has 1 fully saturated rings. The minimum absolute atomic E-state index is 0.00217. The second-order valence-corrected chi connectivity index (χ2v) is 9.08. The molecule has 0 aliphatic carbocycles. The van der Waals surface area contributed by atoms with Crippen LogP contribution in [0.25, 0.3) is 4.91 Å². The molecule has 1 saturated heterocycles. The first-order valence-corrected chi connectivity index (χ1v) is 11.5. The fraction of sp³-hybridized carbons (Fsp3) is 0.318. The maximum absolute atomic E-state index is 12.7. The molecule has 162 valence electrons. The molecule has 1 aromatic heterocycles. The molecule has 2 aliphatic heterocycles. The summed E-state index contributed by atoms with van der Waals surface area (Å²) in [6.45, 7) is 3.02. The van der Waals surface area contributed by atoms with Crippen molar-refractivity contribution in [1.82, 2.24) is 15.2 Å². The summed E-state index contributed by atoms with van der Waals surface area (Å²) < 4.78 is 34.5. The Morgan fingerprint density at radius 3 is 2.45 bits per heavy atom. The molecule has 1 N–H and O–H groups in total. The van der Waals surface area contributed by atoms with E-state index in [0.29, 0.717) is 54.3 Å². The van der Waals surface area contributed by atoms with Crippen LogP contribution in [-0.4, -0.2) is 56.3 Å². The Morgan fingerprint density at radius 2 is 1.84 bits per heavy atom. The number of rotatable bonds is 4. The number of carbonyl (C=O) groups is 1. The summed E-state index contributed by atoms with van der Waals surface area (Å²) in [6.07, 6.45) is 2.88. The highest BCUT2D eigenvalue weighted by molar-refractivity contribution is 8.00. The van der Waals surface area contributed by atoms with E-state index >= 15 is 0 Å². The van der Waals surface area contributed by atoms with Gasteiger partial charge in [-0.3, -0.25) is 4.79 Å². The number of likely N-dealkylation sites (tertiary alicyclic amines) is 1. The van der Waals surface area contributed by atoms with Crippen LogP contribution in [0.15, 0.2) is 58.6 Å². The second kappa shape index (κ2) is 8.50. The molecule has 0 radical (unpaired) electrons. The van der Waals surface area contributed by atoms with Gasteiger partial charge in [-0.2, -0.15) is 8.42 Å². The van der Waals surface area contributed by atoms with E-state index in [-0.39, 0.29) is 16.9 Å². The molecule has 0 atom stereocenters. The summed E-state index contributed by atoms with van der Waals surface area (Å²) in [4.78, 5) is 18.8. The minimum Gasteiger partial charge on any atom is -0.481 e. The van der Waals surface area contributed by atoms with Gasteiger partial charge in [0.1, 0.15) is 10.7 Å². The maximum Gasteiger partial charge on any atom is 0.285 e. The summed E-state index contributed by atoms with van der Waals surface area (Å²) in [6, 6.07) is 12.4. The largest absolute Gasteiger partial charge is 0.481 e. The Balaban J connectivity index is 1.42. The SMILES string of the molecule is COc1ccc(C(=O)NC2CCN(C3=NS(=O)(=O)C(c4ccccc4)=C3C)CC2)cn1. The molecule has 2 aliphatic rings. The second-order valence-electron chi connectivity index (χ2n) is 7.53. The highest BCUT2D eigenvalue weighted by Gasteiger charge is 2.34. The number of sulfonamides is 1. The summed E-state index contributed by atoms with van der Waals surface area (Å²) >= 11 is 0. The molecule has 0 bridgehead atoms. The van der Waals surface area contributed by atoms with Crippen molar-refractivity contribution < 1.29 is 17.9 Å². The number of amidine groups is 1. The van der Waals surface area contributed by atoms with Gasteiger partial charge in [0.05, 0.1) is 12.7 Å². The summed E-state index contributed by atoms with van der Waals surface area (Å²) in [5.41, 5.74) is 1.78. The van der Waals surface area contributed by atoms with Crippen LogP contribution in [0, 0.1) is 0 Å². The Kier molecular flexibility index (Phi) is 5.77. The Hall–Kier alpha value is -3.20. The normalized spacial score (nSPS) is 18.6. The molecular formula is C22H24N4O4S. The van der Waals surface area contributed by atoms with Gasteiger partial charge < -0.3 is 15.0 Å². The molecule has 0 spiro atoms. The minimum atomic E-state index is -3.72. The first kappa shape index (κ1) is 21.0. The quantitative estimate of drug-likeness (QED) is 0.784. The van der Waals surface area contributed by atoms with Crippen LogP contribution in [-0.2, 0) is 10.0 Å². The van der Waals surface area contributed by atoms with Crippen molar-refractivity contribution in [3.05, 3.63) is 65.4 Å². The number of benzene rings is 1. The van der Waals surface area contributed by atoms with Crippen molar-refractivity contribution in [3.8, 4) is 5.88 Å². The van der Waals surface area contributed by atoms with Gasteiger partial charge in [-0.15, -0.1) is 4.40 Å². The number of amides is 1. The number of aromatic nitrogens is 1. The molecule has 8 nitrogen and oxygen atoms in total. The number of piperidine rings is 1. The van der Waals surface area contributed by atoms with Gasteiger partial charge in [0.25, 0.3) is 15.9 Å². The van der Waals surface area contributed by atoms with Crippen LogP contribution in [0.2, 0.25) is 0 Å². The lowest BCUT2D eigenvalue weighted by Crippen LogP contribution is -2.46. The number of hydrogen-bond acceptors (Lipinski definition) is 6. The van der Waals surface area contributed by atoms with Gasteiger partial charge in [-0.1, -0.05) is 30.3 Å². The molecule has 3 heterocycles. The van der Waals surface area contributed by atoms with E-state index in [0.717, 1.165) is 0 Å². The van der Waals surface area contributed by atoms with Crippen molar-refractivity contribution in [2.75, 3.05) is 20.2 Å². The molecule has 9 heteroatoms. The lowest BCUT2D eigenvalue weighted by atomic mass is 10.0. The number of methoxy groups -OCH3 is 1. The monoisotopic (exact) mass is 440 g/mol. The van der Waals surface area contributed by atoms with Gasteiger partial charge >= 0.3 is 0 Å². The van der Waals surface area contributed by atoms with Crippen molar-refractivity contribution in [2.24, 2.45) is 4.40 Å². The van der Waals surface area contributed by atoms with Crippen molar-refractivity contribution in [2.45, 2.75) is 25.8 Å². The Morgan fingerprint density at radius 1 is 1.13 bits per heavy atom. The maximum atomic E-state index is 12.7. The third-order valence-corrected chi connectivity index (χ3v) is 6.99. The molecule has 1 amide bonds. The number of carbonyl (C=O) groups excluding carboxylic acids is 1. The smallest absolute Gasteiger partial charge is 0.285 e. The fourth-order valence-electron chi connectivity index (χ4n) is 3.91. The lowest BCUT2D eigenvalue weighted by Gasteiger charge is -2.33. The third-order valence-electron chi connectivity index (χ3n) is 5.51. The van der Waals surface area contributed by atoms with Gasteiger partial charge in [0.2, 0.25) is 5.88 Å². The zero-order valence-electron chi connectivity index (χ0n) is 17.4. The van der Waals surface area contributed by atoms with E-state index in [1.54, 1.807) is 31.2 Å². The van der Waals surface area contributed by atoms with E-state index in [1.165, 1.54) is 13.3 Å². The van der Waals surface area contributed by atoms with Crippen LogP contribution >= 0.6 is 0 Å². The van der Waals surface area contributed by atoms with Gasteiger partial charge in [-0.05, 0) is 31.4 Å². The van der Waals surface area contributed by atoms with E-state index in [4.69, 9.17) is 4.74 Å². The Bertz CT molecular complexity index is 1130. The molecule has 0 unspecified atom stereocenters. The number of pyridine rings is 1. The van der Waals surface area contributed by atoms with E-state index < -0.39 is 10.0 Å². The van der Waals surface area contributed by atoms with Crippen LogP contribution < -0.4 is 10.1 Å². The van der Waals surface area contributed by atoms with E-state index in [2.05, 4.69) is 14.7 Å². The van der Waals surface area contributed by atoms with Gasteiger partial charge in [0.15, 0.2) is 0 Å². The van der Waals surface area contributed by atoms with E-state index in [9.17, 15) is 13.2 Å². The van der Waals surface area contributed by atoms with Crippen LogP contribution in [0.1, 0.15) is 35.7 Å². The third kappa shape index (κ3) is 4.32. The summed E-state index contributed by atoms with van der Waals surface area (Å²) in [7, 11) is -2.20. The Labute approximate surface area is 181 Å². The predicted octanol–water partition coefficient (Wildman–Crippen LogP) is 2.46. The number of ether oxygens (including phenoxy) is 1. The standard InChI is InChI=1S/C22H24N4O4S/c1-15-20(16-6-4-3-5-7-16)31(28,29)25-21(15)26-12-10-18(11-13-26)24-22(27)17-8-9-19(30-2)23-14-17/h3-9,14,18H,10-13H2,1-2H3,(H,24,27). The molecule has 1 aromatic carbocycles. The lowest BCUT2D eigenvalue weighted by molar-refractivity contribution is 0.0922. The van der Waals surface area contributed by atoms with Crippen molar-refractivity contribution in [3.63, 3.8) is 0 Å². The molecule has 2 aromatic rings. The van der Waals surface area contributed by atoms with Gasteiger partial charge in [0, 0.05) is 37.0 Å². The molecular weight excluding hydrogens is 416 g/mol. The summed E-state index contributed by atoms with van der Waals surface area (Å²) in [5.74, 6) is 0.773. The summed E-state index contributed by atoms with van der Waals surface area (Å²) in [5, 5.41) is 3.03. The van der Waals surface area contributed by atoms with Crippen LogP contribution in [0.3, 0.4) is 0 Å². The zero-order valence-corrected chi connectivity index (χ0v) is 18.2. The highest BCUT2D eigenvalue weighted by Crippen LogP contribution is 2.34. The van der Waals surface area contributed by atoms with Crippen LogP contribution in [0.4, 0.5) is 0 Å². The fourth-order valence-corrected chi connectivity index (χ4v) is 5.40. The predicted molar refractivity (Wildman–Crippen MR) is 118 cm³/mol. The number of nitrogens with zero attached hydrogens (tertiary/aromatic N) is 3. The molecule has 4 rings (SSSR count). The average molecular weight is 441 g/mol.